The number of anilines is 1. The molecule has 9 nitrogen and oxygen atoms in total. The van der Waals surface area contributed by atoms with E-state index in [4.69, 9.17) is 25.8 Å². The van der Waals surface area contributed by atoms with E-state index in [1.54, 1.807) is 24.3 Å². The molecule has 0 bridgehead atoms. The molecule has 0 radical (unpaired) electrons. The highest BCUT2D eigenvalue weighted by molar-refractivity contribution is 6.31. The predicted molar refractivity (Wildman–Crippen MR) is 206 cm³/mol. The first-order chi connectivity index (χ1) is 25.7. The van der Waals surface area contributed by atoms with Crippen LogP contribution in [0.15, 0.2) is 72.8 Å². The van der Waals surface area contributed by atoms with E-state index in [-0.39, 0.29) is 35.9 Å². The Morgan fingerprint density at radius 1 is 0.962 bits per heavy atom. The molecule has 1 amide bonds. The molecule has 3 N–H and O–H groups in total. The third-order valence-corrected chi connectivity index (χ3v) is 11.1. The van der Waals surface area contributed by atoms with E-state index in [1.807, 2.05) is 49.4 Å². The predicted octanol–water partition coefficient (Wildman–Crippen LogP) is 9.25. The van der Waals surface area contributed by atoms with Crippen molar-refractivity contribution in [3.05, 3.63) is 100 Å². The van der Waals surface area contributed by atoms with Crippen LogP contribution < -0.4 is 20.1 Å². The van der Waals surface area contributed by atoms with Crippen molar-refractivity contribution in [2.75, 3.05) is 19.0 Å². The second kappa shape index (κ2) is 17.4. The summed E-state index contributed by atoms with van der Waals surface area (Å²) in [6.45, 7) is 2.73. The number of ether oxygens (including phenoxy) is 3. The van der Waals surface area contributed by atoms with Gasteiger partial charge in [-0.15, -0.1) is 0 Å². The minimum atomic E-state index is -1.34. The number of nitriles is 1. The van der Waals surface area contributed by atoms with Crippen molar-refractivity contribution in [3.8, 4) is 17.6 Å². The number of carbonyl (C=O) groups excluding carboxylic acids is 2. The number of aliphatic hydroxyl groups is 1. The Bertz CT molecular complexity index is 1950. The zero-order valence-electron chi connectivity index (χ0n) is 30.5. The number of esters is 1. The topological polar surface area (TPSA) is 130 Å². The molecule has 1 atom stereocenters. The van der Waals surface area contributed by atoms with Gasteiger partial charge in [-0.2, -0.15) is 5.26 Å². The number of halogens is 1. The van der Waals surface area contributed by atoms with Gasteiger partial charge >= 0.3 is 5.97 Å². The lowest BCUT2D eigenvalue weighted by atomic mass is 9.74. The Morgan fingerprint density at radius 3 is 2.43 bits per heavy atom. The molecule has 2 aliphatic carbocycles. The number of aliphatic hydroxyl groups excluding tert-OH is 1. The molecule has 1 unspecified atom stereocenters. The molecule has 2 saturated carbocycles. The van der Waals surface area contributed by atoms with Gasteiger partial charge in [-0.25, -0.2) is 0 Å². The summed E-state index contributed by atoms with van der Waals surface area (Å²) in [5, 5.41) is 30.2. The Kier molecular flexibility index (Phi) is 12.4. The highest BCUT2D eigenvalue weighted by atomic mass is 35.5. The monoisotopic (exact) mass is 737 g/mol. The maximum Gasteiger partial charge on any atom is 0.312 e. The number of hydrogen-bond acceptors (Lipinski definition) is 8. The van der Waals surface area contributed by atoms with Crippen molar-refractivity contribution >= 4 is 39.9 Å². The number of fused-ring (bicyclic) bond motifs is 1. The Morgan fingerprint density at radius 2 is 1.70 bits per heavy atom. The zero-order valence-corrected chi connectivity index (χ0v) is 31.2. The van der Waals surface area contributed by atoms with E-state index in [0.717, 1.165) is 29.2 Å². The number of nitrogens with zero attached hydrogens (tertiary/aromatic N) is 1. The average molecular weight is 738 g/mol. The van der Waals surface area contributed by atoms with Crippen LogP contribution in [0.25, 0.3) is 10.8 Å². The van der Waals surface area contributed by atoms with Crippen LogP contribution in [0, 0.1) is 22.7 Å². The normalized spacial score (nSPS) is 19.7. The van der Waals surface area contributed by atoms with E-state index < -0.39 is 11.6 Å². The maximum absolute atomic E-state index is 13.4. The third-order valence-electron chi connectivity index (χ3n) is 10.9. The number of benzene rings is 4. The summed E-state index contributed by atoms with van der Waals surface area (Å²) in [7, 11) is 1.46. The van der Waals surface area contributed by atoms with E-state index in [0.29, 0.717) is 65.7 Å². The summed E-state index contributed by atoms with van der Waals surface area (Å²) in [6.07, 6.45) is 7.72. The maximum atomic E-state index is 13.4. The van der Waals surface area contributed by atoms with E-state index >= 15 is 0 Å². The summed E-state index contributed by atoms with van der Waals surface area (Å²) < 4.78 is 17.8. The van der Waals surface area contributed by atoms with Gasteiger partial charge in [-0.3, -0.25) is 9.59 Å². The van der Waals surface area contributed by atoms with Crippen molar-refractivity contribution in [2.45, 2.75) is 90.1 Å². The fourth-order valence-electron chi connectivity index (χ4n) is 7.58. The van der Waals surface area contributed by atoms with Gasteiger partial charge in [0.15, 0.2) is 6.23 Å². The Labute approximate surface area is 316 Å². The molecule has 0 heterocycles. The number of nitrogens with one attached hydrogen (secondary N) is 2. The lowest BCUT2D eigenvalue weighted by molar-refractivity contribution is -0.159. The molecule has 278 valence electrons. The van der Waals surface area contributed by atoms with E-state index in [9.17, 15) is 20.0 Å². The number of carbonyl (C=O) groups is 2. The second-order valence-corrected chi connectivity index (χ2v) is 15.0. The van der Waals surface area contributed by atoms with E-state index in [1.165, 1.54) is 38.9 Å². The molecule has 0 aliphatic heterocycles. The van der Waals surface area contributed by atoms with Crippen LogP contribution in [0.1, 0.15) is 104 Å². The number of rotatable bonds is 12. The zero-order chi connectivity index (χ0) is 37.4. The van der Waals surface area contributed by atoms with Gasteiger partial charge in [-0.1, -0.05) is 79.7 Å². The molecule has 0 aromatic heterocycles. The van der Waals surface area contributed by atoms with Gasteiger partial charge in [0.05, 0.1) is 35.4 Å². The van der Waals surface area contributed by atoms with Crippen molar-refractivity contribution < 1.29 is 28.9 Å². The fourth-order valence-corrected chi connectivity index (χ4v) is 7.75. The minimum Gasteiger partial charge on any atom is -0.496 e. The molecular weight excluding hydrogens is 690 g/mol. The lowest BCUT2D eigenvalue weighted by Gasteiger charge is -2.35. The lowest BCUT2D eigenvalue weighted by Crippen LogP contribution is -2.37. The molecule has 6 rings (SSSR count). The van der Waals surface area contributed by atoms with Crippen LogP contribution in [-0.2, 0) is 16.1 Å². The smallest absolute Gasteiger partial charge is 0.312 e. The van der Waals surface area contributed by atoms with Gasteiger partial charge in [0.25, 0.3) is 5.91 Å². The number of methoxy groups -OCH3 is 1. The van der Waals surface area contributed by atoms with Crippen molar-refractivity contribution in [2.24, 2.45) is 11.3 Å². The molecule has 4 aromatic carbocycles. The van der Waals surface area contributed by atoms with Crippen LogP contribution in [-0.4, -0.2) is 36.7 Å². The number of amides is 1. The van der Waals surface area contributed by atoms with Crippen LogP contribution in [0.3, 0.4) is 0 Å². The Balaban J connectivity index is 1.11. The standard InChI is InChI=1S/C43H48ClN3O6/c1-43(42(50)52-27-30-14-9-13-29-12-7-8-15-34(29)30)20-18-33(19-21-43)53-38-24-36(39(51-2)22-31(38)25-45)41(49)47-37-23-32(44)16-17-35(37)40(48)46-26-28-10-5-3-4-6-11-28/h7-9,12-17,22-24,28,33,41,47,49H,3-6,10-11,18-21,26-27H2,1-2H3,(H,46,48). The van der Waals surface area contributed by atoms with Crippen molar-refractivity contribution in [1.82, 2.24) is 5.32 Å². The van der Waals surface area contributed by atoms with Crippen molar-refractivity contribution in [1.29, 1.82) is 5.26 Å². The van der Waals surface area contributed by atoms with E-state index in [2.05, 4.69) is 16.7 Å². The summed E-state index contributed by atoms with van der Waals surface area (Å²) >= 11 is 6.34. The molecule has 53 heavy (non-hydrogen) atoms. The largest absolute Gasteiger partial charge is 0.496 e. The quantitative estimate of drug-likeness (QED) is 0.0746. The van der Waals surface area contributed by atoms with Gasteiger partial charge in [-0.05, 0) is 92.0 Å². The van der Waals surface area contributed by atoms with Gasteiger partial charge in [0.2, 0.25) is 0 Å². The SMILES string of the molecule is COc1cc(C#N)c(OC2CCC(C)(C(=O)OCc3cccc4ccccc34)CC2)cc1C(O)Nc1cc(Cl)ccc1C(=O)NCC1CCCCCC1. The summed E-state index contributed by atoms with van der Waals surface area (Å²) in [4.78, 5) is 26.7. The van der Waals surface area contributed by atoms with Crippen LogP contribution in [0.4, 0.5) is 5.69 Å². The molecule has 2 aliphatic rings. The fraction of sp³-hybridized carbons (Fsp3) is 0.419. The first kappa shape index (κ1) is 38.0. The van der Waals surface area contributed by atoms with Gasteiger partial charge < -0.3 is 30.0 Å². The number of hydrogen-bond donors (Lipinski definition) is 3. The summed E-state index contributed by atoms with van der Waals surface area (Å²) in [5.41, 5.74) is 1.59. The Hall–Kier alpha value is -4.78. The molecule has 0 spiro atoms. The first-order valence-corrected chi connectivity index (χ1v) is 19.0. The molecule has 2 fully saturated rings. The van der Waals surface area contributed by atoms with Crippen molar-refractivity contribution in [3.63, 3.8) is 0 Å². The average Bonchev–Trinajstić information content (AvgIpc) is 3.46. The highest BCUT2D eigenvalue weighted by Crippen LogP contribution is 2.41. The summed E-state index contributed by atoms with van der Waals surface area (Å²) in [5.74, 6) is 0.535. The molecule has 4 aromatic rings. The van der Waals surface area contributed by atoms with Crippen LogP contribution >= 0.6 is 11.6 Å². The van der Waals surface area contributed by atoms with Crippen LogP contribution in [0.5, 0.6) is 11.5 Å². The molecule has 10 heteroatoms. The highest BCUT2D eigenvalue weighted by Gasteiger charge is 2.40. The molecular formula is C43H48ClN3O6. The second-order valence-electron chi connectivity index (χ2n) is 14.6. The van der Waals surface area contributed by atoms with Gasteiger partial charge in [0, 0.05) is 23.2 Å². The summed E-state index contributed by atoms with van der Waals surface area (Å²) in [6, 6.07) is 24.2. The van der Waals surface area contributed by atoms with Crippen LogP contribution in [0.2, 0.25) is 5.02 Å². The molecule has 0 saturated heterocycles. The van der Waals surface area contributed by atoms with Gasteiger partial charge in [0.1, 0.15) is 24.2 Å². The first-order valence-electron chi connectivity index (χ1n) is 18.6. The minimum absolute atomic E-state index is 0.202. The third kappa shape index (κ3) is 9.24.